The van der Waals surface area contributed by atoms with Gasteiger partial charge in [-0.2, -0.15) is 15.0 Å². The van der Waals surface area contributed by atoms with Gasteiger partial charge in [-0.15, -0.1) is 0 Å². The molecule has 0 saturated carbocycles. The molecule has 0 saturated heterocycles. The molecule has 0 spiro atoms. The molecule has 1 unspecified atom stereocenters. The molecule has 25 heavy (non-hydrogen) atoms. The summed E-state index contributed by atoms with van der Waals surface area (Å²) >= 11 is 0. The van der Waals surface area contributed by atoms with Crippen molar-refractivity contribution in [2.45, 2.75) is 46.3 Å². The molecule has 0 bridgehead atoms. The molecule has 0 aliphatic heterocycles. The van der Waals surface area contributed by atoms with E-state index in [0.717, 1.165) is 11.3 Å². The molecular weight excluding hydrogens is 318 g/mol. The van der Waals surface area contributed by atoms with Crippen LogP contribution in [0.5, 0.6) is 5.75 Å². The summed E-state index contributed by atoms with van der Waals surface area (Å²) in [7, 11) is 1.60. The van der Waals surface area contributed by atoms with Gasteiger partial charge in [-0.1, -0.05) is 17.7 Å². The third-order valence-electron chi connectivity index (χ3n) is 3.90. The SMILES string of the molecule is COC(C)(C)c1nc(N)nc(NC(C)COc2ccc(C)cc2C)n1. The van der Waals surface area contributed by atoms with Crippen molar-refractivity contribution in [1.82, 2.24) is 15.0 Å². The maximum absolute atomic E-state index is 5.89. The Kier molecular flexibility index (Phi) is 5.79. The molecule has 0 aliphatic rings. The van der Waals surface area contributed by atoms with Gasteiger partial charge in [0.15, 0.2) is 5.82 Å². The molecule has 0 fully saturated rings. The van der Waals surface area contributed by atoms with E-state index < -0.39 is 5.60 Å². The molecule has 2 rings (SSSR count). The number of methoxy groups -OCH3 is 1. The number of aryl methyl sites for hydroxylation is 2. The summed E-state index contributed by atoms with van der Waals surface area (Å²) in [6.45, 7) is 10.3. The lowest BCUT2D eigenvalue weighted by Gasteiger charge is -2.22. The van der Waals surface area contributed by atoms with Crippen LogP contribution in [0, 0.1) is 13.8 Å². The van der Waals surface area contributed by atoms with Crippen LogP contribution in [0.4, 0.5) is 11.9 Å². The fraction of sp³-hybridized carbons (Fsp3) is 0.500. The lowest BCUT2D eigenvalue weighted by Crippen LogP contribution is -2.28. The maximum atomic E-state index is 5.89. The Labute approximate surface area is 149 Å². The van der Waals surface area contributed by atoms with E-state index in [4.69, 9.17) is 15.2 Å². The molecular formula is C18H27N5O2. The van der Waals surface area contributed by atoms with Gasteiger partial charge in [-0.05, 0) is 46.2 Å². The summed E-state index contributed by atoms with van der Waals surface area (Å²) < 4.78 is 11.3. The first-order chi connectivity index (χ1) is 11.7. The fourth-order valence-electron chi connectivity index (χ4n) is 2.26. The second kappa shape index (κ2) is 7.65. The van der Waals surface area contributed by atoms with Crippen molar-refractivity contribution in [2.24, 2.45) is 0 Å². The second-order valence-corrected chi connectivity index (χ2v) is 6.68. The Balaban J connectivity index is 2.04. The Bertz CT molecular complexity index is 733. The van der Waals surface area contributed by atoms with Crippen LogP contribution in [0.2, 0.25) is 0 Å². The van der Waals surface area contributed by atoms with Crippen LogP contribution in [-0.4, -0.2) is 34.7 Å². The summed E-state index contributed by atoms with van der Waals surface area (Å²) in [5, 5.41) is 3.20. The highest BCUT2D eigenvalue weighted by atomic mass is 16.5. The predicted molar refractivity (Wildman–Crippen MR) is 98.8 cm³/mol. The van der Waals surface area contributed by atoms with E-state index in [1.54, 1.807) is 7.11 Å². The number of nitrogen functional groups attached to an aromatic ring is 1. The molecule has 3 N–H and O–H groups in total. The second-order valence-electron chi connectivity index (χ2n) is 6.68. The summed E-state index contributed by atoms with van der Waals surface area (Å²) in [6.07, 6.45) is 0. The minimum Gasteiger partial charge on any atom is -0.491 e. The monoisotopic (exact) mass is 345 g/mol. The number of rotatable bonds is 7. The van der Waals surface area contributed by atoms with E-state index in [-0.39, 0.29) is 12.0 Å². The molecule has 1 aromatic heterocycles. The van der Waals surface area contributed by atoms with Crippen LogP contribution >= 0.6 is 0 Å². The molecule has 136 valence electrons. The van der Waals surface area contributed by atoms with E-state index in [9.17, 15) is 0 Å². The first kappa shape index (κ1) is 18.9. The summed E-state index contributed by atoms with van der Waals surface area (Å²) in [6, 6.07) is 6.10. The van der Waals surface area contributed by atoms with E-state index in [2.05, 4.69) is 33.3 Å². The average Bonchev–Trinajstić information content (AvgIpc) is 2.53. The third kappa shape index (κ3) is 5.03. The van der Waals surface area contributed by atoms with Crippen molar-refractivity contribution >= 4 is 11.9 Å². The van der Waals surface area contributed by atoms with E-state index in [1.807, 2.05) is 39.8 Å². The van der Waals surface area contributed by atoms with Gasteiger partial charge in [0.05, 0.1) is 6.04 Å². The zero-order valence-electron chi connectivity index (χ0n) is 15.8. The lowest BCUT2D eigenvalue weighted by atomic mass is 10.1. The van der Waals surface area contributed by atoms with Crippen molar-refractivity contribution in [1.29, 1.82) is 0 Å². The predicted octanol–water partition coefficient (Wildman–Crippen LogP) is 2.83. The van der Waals surface area contributed by atoms with Crippen molar-refractivity contribution in [3.8, 4) is 5.75 Å². The highest BCUT2D eigenvalue weighted by molar-refractivity contribution is 5.36. The minimum absolute atomic E-state index is 0.0130. The molecule has 0 amide bonds. The number of benzene rings is 1. The number of aromatic nitrogens is 3. The van der Waals surface area contributed by atoms with Gasteiger partial charge in [-0.3, -0.25) is 0 Å². The molecule has 7 nitrogen and oxygen atoms in total. The summed E-state index contributed by atoms with van der Waals surface area (Å²) in [5.41, 5.74) is 7.47. The van der Waals surface area contributed by atoms with E-state index in [0.29, 0.717) is 18.4 Å². The number of hydrogen-bond acceptors (Lipinski definition) is 7. The summed E-state index contributed by atoms with van der Waals surface area (Å²) in [5.74, 6) is 1.91. The fourth-order valence-corrected chi connectivity index (χ4v) is 2.26. The first-order valence-corrected chi connectivity index (χ1v) is 8.25. The number of nitrogens with zero attached hydrogens (tertiary/aromatic N) is 3. The molecule has 7 heteroatoms. The zero-order valence-corrected chi connectivity index (χ0v) is 15.8. The normalized spacial score (nSPS) is 12.7. The van der Waals surface area contributed by atoms with E-state index in [1.165, 1.54) is 5.56 Å². The number of nitrogens with one attached hydrogen (secondary N) is 1. The largest absolute Gasteiger partial charge is 0.491 e. The van der Waals surface area contributed by atoms with Gasteiger partial charge in [0.2, 0.25) is 11.9 Å². The van der Waals surface area contributed by atoms with Crippen molar-refractivity contribution < 1.29 is 9.47 Å². The van der Waals surface area contributed by atoms with E-state index >= 15 is 0 Å². The average molecular weight is 345 g/mol. The number of nitrogens with two attached hydrogens (primary N) is 1. The van der Waals surface area contributed by atoms with Crippen molar-refractivity contribution in [3.05, 3.63) is 35.2 Å². The number of anilines is 2. The van der Waals surface area contributed by atoms with Crippen LogP contribution < -0.4 is 15.8 Å². The van der Waals surface area contributed by atoms with Gasteiger partial charge in [0.1, 0.15) is 18.0 Å². The van der Waals surface area contributed by atoms with Gasteiger partial charge >= 0.3 is 0 Å². The maximum Gasteiger partial charge on any atom is 0.228 e. The van der Waals surface area contributed by atoms with Crippen molar-refractivity contribution in [2.75, 3.05) is 24.8 Å². The third-order valence-corrected chi connectivity index (χ3v) is 3.90. The van der Waals surface area contributed by atoms with Gasteiger partial charge in [0, 0.05) is 7.11 Å². The quantitative estimate of drug-likeness (QED) is 0.796. The molecule has 0 radical (unpaired) electrons. The summed E-state index contributed by atoms with van der Waals surface area (Å²) in [4.78, 5) is 12.7. The van der Waals surface area contributed by atoms with Crippen LogP contribution in [0.25, 0.3) is 0 Å². The highest BCUT2D eigenvalue weighted by Crippen LogP contribution is 2.22. The van der Waals surface area contributed by atoms with Crippen LogP contribution in [-0.2, 0) is 10.3 Å². The standard InChI is InChI=1S/C18H27N5O2/c1-11-7-8-14(12(2)9-11)25-10-13(3)20-17-22-15(18(4,5)24-6)21-16(19)23-17/h7-9,13H,10H2,1-6H3,(H3,19,20,21,22,23). The number of hydrogen-bond donors (Lipinski definition) is 2. The molecule has 1 heterocycles. The lowest BCUT2D eigenvalue weighted by molar-refractivity contribution is 0.0115. The topological polar surface area (TPSA) is 95.2 Å². The Morgan fingerprint density at radius 1 is 1.20 bits per heavy atom. The number of ether oxygens (including phenoxy) is 2. The van der Waals surface area contributed by atoms with Crippen molar-refractivity contribution in [3.63, 3.8) is 0 Å². The zero-order chi connectivity index (χ0) is 18.6. The molecule has 1 aromatic carbocycles. The highest BCUT2D eigenvalue weighted by Gasteiger charge is 2.25. The Morgan fingerprint density at radius 2 is 1.92 bits per heavy atom. The van der Waals surface area contributed by atoms with Crippen LogP contribution in [0.1, 0.15) is 37.7 Å². The molecule has 2 aromatic rings. The van der Waals surface area contributed by atoms with Crippen LogP contribution in [0.15, 0.2) is 18.2 Å². The Morgan fingerprint density at radius 3 is 2.56 bits per heavy atom. The van der Waals surface area contributed by atoms with Crippen LogP contribution in [0.3, 0.4) is 0 Å². The Hall–Kier alpha value is -2.41. The molecule has 0 aliphatic carbocycles. The first-order valence-electron chi connectivity index (χ1n) is 8.25. The van der Waals surface area contributed by atoms with Gasteiger partial charge in [-0.25, -0.2) is 0 Å². The van der Waals surface area contributed by atoms with Gasteiger partial charge in [0.25, 0.3) is 0 Å². The van der Waals surface area contributed by atoms with Gasteiger partial charge < -0.3 is 20.5 Å². The molecule has 1 atom stereocenters. The smallest absolute Gasteiger partial charge is 0.228 e. The minimum atomic E-state index is -0.647.